The molecule has 1 fully saturated rings. The van der Waals surface area contributed by atoms with Gasteiger partial charge in [0.15, 0.2) is 0 Å². The first kappa shape index (κ1) is 12.0. The standard InChI is InChI=1S/C10H19N3O2/c1-7-4-2-3-5-8(7)6-12-9(14)10(15)13-11/h7-8H,2-6,11H2,1H3,(H,12,14)(H,13,15). The maximum Gasteiger partial charge on any atom is 0.323 e. The molecule has 0 heterocycles. The summed E-state index contributed by atoms with van der Waals surface area (Å²) in [6.07, 6.45) is 4.83. The van der Waals surface area contributed by atoms with E-state index in [9.17, 15) is 9.59 Å². The quantitative estimate of drug-likeness (QED) is 0.259. The Labute approximate surface area is 89.8 Å². The normalized spacial score (nSPS) is 25.7. The molecule has 86 valence electrons. The van der Waals surface area contributed by atoms with Crippen molar-refractivity contribution in [2.75, 3.05) is 6.54 Å². The van der Waals surface area contributed by atoms with Gasteiger partial charge in [-0.2, -0.15) is 0 Å². The molecule has 0 radical (unpaired) electrons. The van der Waals surface area contributed by atoms with Gasteiger partial charge < -0.3 is 5.32 Å². The summed E-state index contributed by atoms with van der Waals surface area (Å²) in [6.45, 7) is 2.77. The monoisotopic (exact) mass is 213 g/mol. The first-order valence-corrected chi connectivity index (χ1v) is 5.44. The van der Waals surface area contributed by atoms with E-state index in [2.05, 4.69) is 12.2 Å². The minimum atomic E-state index is -0.779. The fourth-order valence-electron chi connectivity index (χ4n) is 2.07. The van der Waals surface area contributed by atoms with E-state index in [-0.39, 0.29) is 0 Å². The van der Waals surface area contributed by atoms with Crippen LogP contribution in [0.5, 0.6) is 0 Å². The average molecular weight is 213 g/mol. The highest BCUT2D eigenvalue weighted by Gasteiger charge is 2.22. The molecular formula is C10H19N3O2. The fourth-order valence-corrected chi connectivity index (χ4v) is 2.07. The number of nitrogens with one attached hydrogen (secondary N) is 2. The molecule has 4 N–H and O–H groups in total. The maximum atomic E-state index is 11.1. The van der Waals surface area contributed by atoms with E-state index in [0.717, 1.165) is 6.42 Å². The minimum Gasteiger partial charge on any atom is -0.348 e. The fraction of sp³-hybridized carbons (Fsp3) is 0.800. The van der Waals surface area contributed by atoms with Crippen molar-refractivity contribution in [2.45, 2.75) is 32.6 Å². The summed E-state index contributed by atoms with van der Waals surface area (Å²) < 4.78 is 0. The van der Waals surface area contributed by atoms with Crippen molar-refractivity contribution < 1.29 is 9.59 Å². The number of nitrogens with two attached hydrogens (primary N) is 1. The summed E-state index contributed by atoms with van der Waals surface area (Å²) in [5.74, 6) is 4.54. The molecule has 0 spiro atoms. The van der Waals surface area contributed by atoms with Crippen molar-refractivity contribution in [3.63, 3.8) is 0 Å². The molecule has 0 aromatic heterocycles. The maximum absolute atomic E-state index is 11.1. The molecule has 5 heteroatoms. The van der Waals surface area contributed by atoms with Crippen LogP contribution in [0.25, 0.3) is 0 Å². The SMILES string of the molecule is CC1CCCCC1CNC(=O)C(=O)NN. The van der Waals surface area contributed by atoms with Gasteiger partial charge in [0.25, 0.3) is 0 Å². The van der Waals surface area contributed by atoms with Gasteiger partial charge in [0.05, 0.1) is 0 Å². The smallest absolute Gasteiger partial charge is 0.323 e. The van der Waals surface area contributed by atoms with Crippen molar-refractivity contribution in [1.82, 2.24) is 10.7 Å². The zero-order chi connectivity index (χ0) is 11.3. The summed E-state index contributed by atoms with van der Waals surface area (Å²) in [4.78, 5) is 21.9. The van der Waals surface area contributed by atoms with Crippen molar-refractivity contribution in [3.05, 3.63) is 0 Å². The largest absolute Gasteiger partial charge is 0.348 e. The van der Waals surface area contributed by atoms with E-state index in [1.54, 1.807) is 0 Å². The minimum absolute atomic E-state index is 0.494. The number of hydrogen-bond acceptors (Lipinski definition) is 3. The Kier molecular flexibility index (Phi) is 4.55. The number of amides is 2. The Bertz CT molecular complexity index is 243. The van der Waals surface area contributed by atoms with Gasteiger partial charge in [-0.3, -0.25) is 15.0 Å². The molecule has 1 aliphatic rings. The molecule has 0 aromatic carbocycles. The van der Waals surface area contributed by atoms with E-state index in [1.807, 2.05) is 5.43 Å². The molecule has 1 rings (SSSR count). The van der Waals surface area contributed by atoms with E-state index < -0.39 is 11.8 Å². The highest BCUT2D eigenvalue weighted by molar-refractivity contribution is 6.34. The highest BCUT2D eigenvalue weighted by atomic mass is 16.2. The van der Waals surface area contributed by atoms with Crippen molar-refractivity contribution in [1.29, 1.82) is 0 Å². The molecular weight excluding hydrogens is 194 g/mol. The first-order valence-electron chi connectivity index (χ1n) is 5.44. The van der Waals surface area contributed by atoms with Gasteiger partial charge in [-0.05, 0) is 18.3 Å². The number of carbonyl (C=O) groups is 2. The van der Waals surface area contributed by atoms with Crippen LogP contribution in [-0.2, 0) is 9.59 Å². The second-order valence-electron chi connectivity index (χ2n) is 4.21. The van der Waals surface area contributed by atoms with E-state index >= 15 is 0 Å². The second-order valence-corrected chi connectivity index (χ2v) is 4.21. The number of hydrogen-bond donors (Lipinski definition) is 3. The third-order valence-electron chi connectivity index (χ3n) is 3.15. The zero-order valence-electron chi connectivity index (χ0n) is 9.08. The summed E-state index contributed by atoms with van der Waals surface area (Å²) in [7, 11) is 0. The third kappa shape index (κ3) is 3.51. The van der Waals surface area contributed by atoms with E-state index in [1.165, 1.54) is 19.3 Å². The molecule has 0 aliphatic heterocycles. The van der Waals surface area contributed by atoms with Crippen LogP contribution in [0.3, 0.4) is 0 Å². The number of rotatable bonds is 2. The summed E-state index contributed by atoms with van der Waals surface area (Å²) in [5.41, 5.74) is 1.81. The lowest BCUT2D eigenvalue weighted by molar-refractivity contribution is -0.139. The van der Waals surface area contributed by atoms with Gasteiger partial charge in [-0.15, -0.1) is 0 Å². The average Bonchev–Trinajstić information content (AvgIpc) is 2.26. The van der Waals surface area contributed by atoms with Crippen LogP contribution < -0.4 is 16.6 Å². The molecule has 0 aromatic rings. The molecule has 2 unspecified atom stereocenters. The van der Waals surface area contributed by atoms with Crippen LogP contribution in [-0.4, -0.2) is 18.4 Å². The molecule has 1 saturated carbocycles. The molecule has 0 saturated heterocycles. The van der Waals surface area contributed by atoms with Gasteiger partial charge in [0.1, 0.15) is 0 Å². The Balaban J connectivity index is 2.29. The number of hydrazine groups is 1. The third-order valence-corrected chi connectivity index (χ3v) is 3.15. The Morgan fingerprint density at radius 3 is 2.53 bits per heavy atom. The van der Waals surface area contributed by atoms with Gasteiger partial charge >= 0.3 is 11.8 Å². The lowest BCUT2D eigenvalue weighted by atomic mass is 9.80. The van der Waals surface area contributed by atoms with Gasteiger partial charge in [0.2, 0.25) is 0 Å². The van der Waals surface area contributed by atoms with Crippen molar-refractivity contribution in [2.24, 2.45) is 17.7 Å². The topological polar surface area (TPSA) is 84.2 Å². The summed E-state index contributed by atoms with van der Waals surface area (Å²) in [6, 6.07) is 0. The molecule has 0 bridgehead atoms. The van der Waals surface area contributed by atoms with Crippen LogP contribution in [0, 0.1) is 11.8 Å². The van der Waals surface area contributed by atoms with Gasteiger partial charge in [0, 0.05) is 6.54 Å². The molecule has 5 nitrogen and oxygen atoms in total. The Hall–Kier alpha value is -1.10. The van der Waals surface area contributed by atoms with Gasteiger partial charge in [-0.1, -0.05) is 26.2 Å². The van der Waals surface area contributed by atoms with Crippen molar-refractivity contribution in [3.8, 4) is 0 Å². The van der Waals surface area contributed by atoms with Crippen LogP contribution in [0.1, 0.15) is 32.6 Å². The van der Waals surface area contributed by atoms with Crippen molar-refractivity contribution >= 4 is 11.8 Å². The predicted molar refractivity (Wildman–Crippen MR) is 56.5 cm³/mol. The summed E-state index contributed by atoms with van der Waals surface area (Å²) in [5, 5.41) is 2.60. The molecule has 2 atom stereocenters. The molecule has 15 heavy (non-hydrogen) atoms. The molecule has 1 aliphatic carbocycles. The lowest BCUT2D eigenvalue weighted by Crippen LogP contribution is -2.45. The highest BCUT2D eigenvalue weighted by Crippen LogP contribution is 2.28. The Morgan fingerprint density at radius 2 is 1.93 bits per heavy atom. The number of carbonyl (C=O) groups excluding carboxylic acids is 2. The first-order chi connectivity index (χ1) is 7.15. The van der Waals surface area contributed by atoms with E-state index in [4.69, 9.17) is 5.84 Å². The van der Waals surface area contributed by atoms with Gasteiger partial charge in [-0.25, -0.2) is 5.84 Å². The zero-order valence-corrected chi connectivity index (χ0v) is 9.08. The predicted octanol–water partition coefficient (Wildman–Crippen LogP) is -0.0812. The van der Waals surface area contributed by atoms with Crippen LogP contribution >= 0.6 is 0 Å². The summed E-state index contributed by atoms with van der Waals surface area (Å²) >= 11 is 0. The van der Waals surface area contributed by atoms with Crippen LogP contribution in [0.2, 0.25) is 0 Å². The van der Waals surface area contributed by atoms with Crippen LogP contribution in [0.15, 0.2) is 0 Å². The Morgan fingerprint density at radius 1 is 1.27 bits per heavy atom. The lowest BCUT2D eigenvalue weighted by Gasteiger charge is -2.28. The molecule has 2 amide bonds. The second kappa shape index (κ2) is 5.70. The van der Waals surface area contributed by atoms with Crippen LogP contribution in [0.4, 0.5) is 0 Å². The van der Waals surface area contributed by atoms with E-state index in [0.29, 0.717) is 18.4 Å².